The number of nitrogens with one attached hydrogen (secondary N) is 1. The van der Waals surface area contributed by atoms with Crippen LogP contribution >= 0.6 is 11.8 Å². The van der Waals surface area contributed by atoms with Gasteiger partial charge in [0.2, 0.25) is 11.8 Å². The molecule has 1 N–H and O–H groups in total. The van der Waals surface area contributed by atoms with Crippen LogP contribution in [-0.2, 0) is 9.59 Å². The van der Waals surface area contributed by atoms with Crippen molar-refractivity contribution in [2.24, 2.45) is 0 Å². The first-order valence-electron chi connectivity index (χ1n) is 7.77. The standard InChI is InChI=1S/C15H26N2O2S/c1-4-6-12-15(19)17(13(5-2)14(18)16-12)10-7-8-11(9-10)20-3/h10-13H,4-9H2,1-3H3,(H,16,18). The second-order valence-corrected chi connectivity index (χ2v) is 6.98. The molecule has 4 unspecified atom stereocenters. The van der Waals surface area contributed by atoms with Crippen LogP contribution in [0.15, 0.2) is 0 Å². The molecule has 5 heteroatoms. The van der Waals surface area contributed by atoms with Crippen LogP contribution in [-0.4, -0.2) is 46.3 Å². The van der Waals surface area contributed by atoms with Gasteiger partial charge in [-0.1, -0.05) is 20.3 Å². The van der Waals surface area contributed by atoms with E-state index in [0.717, 1.165) is 32.1 Å². The van der Waals surface area contributed by atoms with Gasteiger partial charge in [-0.05, 0) is 38.4 Å². The third kappa shape index (κ3) is 2.97. The molecule has 114 valence electrons. The minimum absolute atomic E-state index is 0.0400. The van der Waals surface area contributed by atoms with Crippen molar-refractivity contribution in [1.82, 2.24) is 10.2 Å². The molecule has 0 spiro atoms. The minimum Gasteiger partial charge on any atom is -0.343 e. The molecule has 2 rings (SSSR count). The van der Waals surface area contributed by atoms with E-state index in [1.165, 1.54) is 0 Å². The van der Waals surface area contributed by atoms with Crippen molar-refractivity contribution < 1.29 is 9.59 Å². The van der Waals surface area contributed by atoms with E-state index in [0.29, 0.717) is 11.7 Å². The lowest BCUT2D eigenvalue weighted by Crippen LogP contribution is -2.65. The predicted molar refractivity (Wildman–Crippen MR) is 82.7 cm³/mol. The van der Waals surface area contributed by atoms with Crippen LogP contribution in [0, 0.1) is 0 Å². The number of piperazine rings is 1. The normalized spacial score (nSPS) is 34.5. The maximum atomic E-state index is 12.7. The van der Waals surface area contributed by atoms with Crippen LogP contribution in [0.5, 0.6) is 0 Å². The highest BCUT2D eigenvalue weighted by molar-refractivity contribution is 7.99. The van der Waals surface area contributed by atoms with Crippen LogP contribution in [0.3, 0.4) is 0 Å². The second-order valence-electron chi connectivity index (χ2n) is 5.84. The Hall–Kier alpha value is -0.710. The Morgan fingerprint density at radius 1 is 1.30 bits per heavy atom. The predicted octanol–water partition coefficient (Wildman–Crippen LogP) is 2.18. The lowest BCUT2D eigenvalue weighted by molar-refractivity contribution is -0.152. The molecule has 1 saturated heterocycles. The van der Waals surface area contributed by atoms with E-state index in [4.69, 9.17) is 0 Å². The van der Waals surface area contributed by atoms with Crippen molar-refractivity contribution in [3.05, 3.63) is 0 Å². The average molecular weight is 298 g/mol. The average Bonchev–Trinajstić information content (AvgIpc) is 2.90. The summed E-state index contributed by atoms with van der Waals surface area (Å²) in [6.07, 6.45) is 7.74. The summed E-state index contributed by atoms with van der Waals surface area (Å²) in [4.78, 5) is 26.9. The van der Waals surface area contributed by atoms with Gasteiger partial charge in [0.15, 0.2) is 0 Å². The van der Waals surface area contributed by atoms with Gasteiger partial charge < -0.3 is 10.2 Å². The highest BCUT2D eigenvalue weighted by atomic mass is 32.2. The molecular formula is C15H26N2O2S. The van der Waals surface area contributed by atoms with Crippen molar-refractivity contribution in [3.8, 4) is 0 Å². The van der Waals surface area contributed by atoms with Crippen LogP contribution in [0.1, 0.15) is 52.4 Å². The molecule has 4 atom stereocenters. The summed E-state index contributed by atoms with van der Waals surface area (Å²) in [7, 11) is 0. The third-order valence-electron chi connectivity index (χ3n) is 4.56. The Kier molecular flexibility index (Phi) is 5.35. The number of carbonyl (C=O) groups is 2. The van der Waals surface area contributed by atoms with E-state index in [1.54, 1.807) is 0 Å². The maximum absolute atomic E-state index is 12.7. The monoisotopic (exact) mass is 298 g/mol. The van der Waals surface area contributed by atoms with Crippen molar-refractivity contribution in [1.29, 1.82) is 0 Å². The van der Waals surface area contributed by atoms with Crippen molar-refractivity contribution in [2.45, 2.75) is 75.7 Å². The first kappa shape index (κ1) is 15.7. The van der Waals surface area contributed by atoms with Crippen LogP contribution in [0.4, 0.5) is 0 Å². The van der Waals surface area contributed by atoms with E-state index < -0.39 is 0 Å². The number of thioether (sulfide) groups is 1. The summed E-state index contributed by atoms with van der Waals surface area (Å²) in [5.41, 5.74) is 0. The number of hydrogen-bond acceptors (Lipinski definition) is 3. The maximum Gasteiger partial charge on any atom is 0.246 e. The van der Waals surface area contributed by atoms with Gasteiger partial charge in [-0.3, -0.25) is 9.59 Å². The van der Waals surface area contributed by atoms with E-state index in [9.17, 15) is 9.59 Å². The van der Waals surface area contributed by atoms with E-state index in [1.807, 2.05) is 23.6 Å². The molecule has 1 aliphatic heterocycles. The van der Waals surface area contributed by atoms with Gasteiger partial charge in [-0.2, -0.15) is 11.8 Å². The van der Waals surface area contributed by atoms with Gasteiger partial charge in [0.25, 0.3) is 0 Å². The summed E-state index contributed by atoms with van der Waals surface area (Å²) < 4.78 is 0. The zero-order valence-electron chi connectivity index (χ0n) is 12.7. The molecule has 20 heavy (non-hydrogen) atoms. The van der Waals surface area contributed by atoms with Crippen molar-refractivity contribution in [2.75, 3.05) is 6.26 Å². The van der Waals surface area contributed by atoms with Crippen molar-refractivity contribution >= 4 is 23.6 Å². The number of carbonyl (C=O) groups excluding carboxylic acids is 2. The minimum atomic E-state index is -0.302. The number of rotatable bonds is 5. The van der Waals surface area contributed by atoms with E-state index >= 15 is 0 Å². The highest BCUT2D eigenvalue weighted by Gasteiger charge is 2.44. The summed E-state index contributed by atoms with van der Waals surface area (Å²) >= 11 is 1.88. The Morgan fingerprint density at radius 3 is 2.60 bits per heavy atom. The van der Waals surface area contributed by atoms with E-state index in [-0.39, 0.29) is 29.9 Å². The Morgan fingerprint density at radius 2 is 2.05 bits per heavy atom. The van der Waals surface area contributed by atoms with Crippen LogP contribution in [0.25, 0.3) is 0 Å². The number of hydrogen-bond donors (Lipinski definition) is 1. The Balaban J connectivity index is 2.16. The van der Waals surface area contributed by atoms with Gasteiger partial charge in [-0.15, -0.1) is 0 Å². The smallest absolute Gasteiger partial charge is 0.246 e. The first-order chi connectivity index (χ1) is 9.62. The summed E-state index contributed by atoms with van der Waals surface area (Å²) in [5, 5.41) is 3.55. The SMILES string of the molecule is CCCC1NC(=O)C(CC)N(C2CCC(SC)C2)C1=O. The fraction of sp³-hybridized carbons (Fsp3) is 0.867. The molecule has 4 nitrogen and oxygen atoms in total. The van der Waals surface area contributed by atoms with E-state index in [2.05, 4.69) is 18.5 Å². The lowest BCUT2D eigenvalue weighted by Gasteiger charge is -2.42. The molecule has 0 aromatic heterocycles. The van der Waals surface area contributed by atoms with Crippen LogP contribution in [0.2, 0.25) is 0 Å². The lowest BCUT2D eigenvalue weighted by atomic mass is 9.99. The molecular weight excluding hydrogens is 272 g/mol. The molecule has 1 heterocycles. The largest absolute Gasteiger partial charge is 0.343 e. The molecule has 0 bridgehead atoms. The number of amides is 2. The summed E-state index contributed by atoms with van der Waals surface area (Å²) in [6, 6.07) is -0.305. The molecule has 1 aliphatic carbocycles. The topological polar surface area (TPSA) is 49.4 Å². The fourth-order valence-electron chi connectivity index (χ4n) is 3.47. The molecule has 0 radical (unpaired) electrons. The fourth-order valence-corrected chi connectivity index (χ4v) is 4.26. The van der Waals surface area contributed by atoms with Crippen LogP contribution < -0.4 is 5.32 Å². The zero-order chi connectivity index (χ0) is 14.7. The first-order valence-corrected chi connectivity index (χ1v) is 9.06. The quantitative estimate of drug-likeness (QED) is 0.846. The molecule has 0 aromatic rings. The van der Waals surface area contributed by atoms with Gasteiger partial charge in [-0.25, -0.2) is 0 Å². The zero-order valence-corrected chi connectivity index (χ0v) is 13.5. The summed E-state index contributed by atoms with van der Waals surface area (Å²) in [6.45, 7) is 4.04. The number of nitrogens with zero attached hydrogens (tertiary/aromatic N) is 1. The van der Waals surface area contributed by atoms with Gasteiger partial charge in [0.05, 0.1) is 0 Å². The molecule has 2 aliphatic rings. The Labute approximate surface area is 126 Å². The molecule has 2 fully saturated rings. The molecule has 2 amide bonds. The van der Waals surface area contributed by atoms with Gasteiger partial charge in [0, 0.05) is 11.3 Å². The van der Waals surface area contributed by atoms with Gasteiger partial charge >= 0.3 is 0 Å². The highest BCUT2D eigenvalue weighted by Crippen LogP contribution is 2.34. The summed E-state index contributed by atoms with van der Waals surface area (Å²) in [5.74, 6) is 0.184. The molecule has 1 saturated carbocycles. The molecule has 0 aromatic carbocycles. The van der Waals surface area contributed by atoms with Crippen molar-refractivity contribution in [3.63, 3.8) is 0 Å². The third-order valence-corrected chi connectivity index (χ3v) is 5.65. The van der Waals surface area contributed by atoms with Gasteiger partial charge in [0.1, 0.15) is 12.1 Å². The Bertz CT molecular complexity index is 375. The second kappa shape index (κ2) is 6.83.